The molecule has 1 aromatic carbocycles. The first kappa shape index (κ1) is 13.8. The maximum atomic E-state index is 12.2. The molecule has 0 aromatic heterocycles. The van der Waals surface area contributed by atoms with Crippen molar-refractivity contribution in [2.24, 2.45) is 5.41 Å². The molecule has 1 aliphatic rings. The molecule has 0 radical (unpaired) electrons. The van der Waals surface area contributed by atoms with E-state index in [1.807, 2.05) is 12.1 Å². The van der Waals surface area contributed by atoms with E-state index >= 15 is 0 Å². The molecule has 0 spiro atoms. The lowest BCUT2D eigenvalue weighted by atomic mass is 10.1. The quantitative estimate of drug-likeness (QED) is 0.646. The van der Waals surface area contributed by atoms with Gasteiger partial charge in [0.05, 0.1) is 0 Å². The second-order valence-electron chi connectivity index (χ2n) is 4.54. The fraction of sp³-hybridized carbons (Fsp3) is 0.286. The van der Waals surface area contributed by atoms with Gasteiger partial charge in [0.2, 0.25) is 11.8 Å². The molecule has 1 aromatic rings. The van der Waals surface area contributed by atoms with E-state index in [1.165, 1.54) is 0 Å². The van der Waals surface area contributed by atoms with E-state index in [1.54, 1.807) is 18.2 Å². The molecule has 1 saturated carbocycles. The lowest BCUT2D eigenvalue weighted by Crippen LogP contribution is -2.40. The standard InChI is InChI=1S/C14H15BrN2O2/c1-2-9-16-12(18)14(7-8-14)13(19)17-11-5-3-10(15)4-6-11/h2-6H,1,7-9H2,(H,16,18)(H,17,19). The Morgan fingerprint density at radius 1 is 1.26 bits per heavy atom. The molecule has 100 valence electrons. The summed E-state index contributed by atoms with van der Waals surface area (Å²) in [6.07, 6.45) is 2.79. The first-order chi connectivity index (χ1) is 9.08. The molecule has 0 bridgehead atoms. The summed E-state index contributed by atoms with van der Waals surface area (Å²) in [5.41, 5.74) is -0.202. The number of halogens is 1. The van der Waals surface area contributed by atoms with E-state index in [-0.39, 0.29) is 11.8 Å². The van der Waals surface area contributed by atoms with Crippen LogP contribution in [0.25, 0.3) is 0 Å². The molecule has 0 aliphatic heterocycles. The lowest BCUT2D eigenvalue weighted by Gasteiger charge is -2.14. The molecule has 0 atom stereocenters. The number of nitrogens with one attached hydrogen (secondary N) is 2. The predicted molar refractivity (Wildman–Crippen MR) is 77.6 cm³/mol. The van der Waals surface area contributed by atoms with Gasteiger partial charge < -0.3 is 10.6 Å². The first-order valence-electron chi connectivity index (χ1n) is 6.05. The molecule has 5 heteroatoms. The summed E-state index contributed by atoms with van der Waals surface area (Å²) >= 11 is 3.33. The molecule has 0 heterocycles. The predicted octanol–water partition coefficient (Wildman–Crippen LogP) is 2.47. The molecular weight excluding hydrogens is 308 g/mol. The second kappa shape index (κ2) is 5.57. The number of benzene rings is 1. The van der Waals surface area contributed by atoms with Crippen LogP contribution in [0.15, 0.2) is 41.4 Å². The number of carbonyl (C=O) groups is 2. The zero-order valence-electron chi connectivity index (χ0n) is 10.4. The van der Waals surface area contributed by atoms with Crippen LogP contribution in [0.1, 0.15) is 12.8 Å². The summed E-state index contributed by atoms with van der Waals surface area (Å²) in [6.45, 7) is 3.92. The molecule has 1 fully saturated rings. The molecule has 2 N–H and O–H groups in total. The van der Waals surface area contributed by atoms with Gasteiger partial charge in [-0.3, -0.25) is 9.59 Å². The smallest absolute Gasteiger partial charge is 0.240 e. The van der Waals surface area contributed by atoms with E-state index in [0.717, 1.165) is 4.47 Å². The molecule has 0 unspecified atom stereocenters. The molecule has 2 amide bonds. The average Bonchev–Trinajstić information content (AvgIpc) is 3.20. The van der Waals surface area contributed by atoms with E-state index < -0.39 is 5.41 Å². The van der Waals surface area contributed by atoms with Crippen LogP contribution in [0.3, 0.4) is 0 Å². The molecule has 2 rings (SSSR count). The van der Waals surface area contributed by atoms with Crippen molar-refractivity contribution in [3.8, 4) is 0 Å². The maximum absolute atomic E-state index is 12.2. The minimum Gasteiger partial charge on any atom is -0.352 e. The summed E-state index contributed by atoms with van der Waals surface area (Å²) in [6, 6.07) is 7.26. The van der Waals surface area contributed by atoms with E-state index in [0.29, 0.717) is 25.1 Å². The Labute approximate surface area is 120 Å². The van der Waals surface area contributed by atoms with Gasteiger partial charge in [-0.1, -0.05) is 22.0 Å². The van der Waals surface area contributed by atoms with Crippen molar-refractivity contribution < 1.29 is 9.59 Å². The SMILES string of the molecule is C=CCNC(=O)C1(C(=O)Nc2ccc(Br)cc2)CC1. The number of hydrogen-bond acceptors (Lipinski definition) is 2. The Kier molecular flexibility index (Phi) is 4.04. The molecular formula is C14H15BrN2O2. The van der Waals surface area contributed by atoms with Gasteiger partial charge in [-0.05, 0) is 37.1 Å². The number of amides is 2. The van der Waals surface area contributed by atoms with Gasteiger partial charge in [0, 0.05) is 16.7 Å². The molecule has 4 nitrogen and oxygen atoms in total. The highest BCUT2D eigenvalue weighted by Crippen LogP contribution is 2.46. The third kappa shape index (κ3) is 3.04. The van der Waals surface area contributed by atoms with Gasteiger partial charge in [-0.15, -0.1) is 6.58 Å². The van der Waals surface area contributed by atoms with Crippen LogP contribution in [0.4, 0.5) is 5.69 Å². The van der Waals surface area contributed by atoms with Crippen LogP contribution in [0, 0.1) is 5.41 Å². The van der Waals surface area contributed by atoms with Crippen LogP contribution >= 0.6 is 15.9 Å². The van der Waals surface area contributed by atoms with Crippen LogP contribution in [0.2, 0.25) is 0 Å². The number of rotatable bonds is 5. The zero-order valence-corrected chi connectivity index (χ0v) is 12.0. The zero-order chi connectivity index (χ0) is 13.9. The van der Waals surface area contributed by atoms with Gasteiger partial charge in [0.25, 0.3) is 0 Å². The Morgan fingerprint density at radius 2 is 1.89 bits per heavy atom. The molecule has 19 heavy (non-hydrogen) atoms. The van der Waals surface area contributed by atoms with Crippen molar-refractivity contribution in [3.63, 3.8) is 0 Å². The second-order valence-corrected chi connectivity index (χ2v) is 5.46. The minimum absolute atomic E-state index is 0.220. The highest BCUT2D eigenvalue weighted by molar-refractivity contribution is 9.10. The minimum atomic E-state index is -0.893. The summed E-state index contributed by atoms with van der Waals surface area (Å²) in [4.78, 5) is 24.1. The summed E-state index contributed by atoms with van der Waals surface area (Å²) in [5, 5.41) is 5.47. The van der Waals surface area contributed by atoms with Crippen LogP contribution in [-0.4, -0.2) is 18.4 Å². The number of hydrogen-bond donors (Lipinski definition) is 2. The molecule has 0 saturated heterocycles. The Hall–Kier alpha value is -1.62. The first-order valence-corrected chi connectivity index (χ1v) is 6.84. The van der Waals surface area contributed by atoms with E-state index in [4.69, 9.17) is 0 Å². The highest BCUT2D eigenvalue weighted by Gasteiger charge is 2.56. The fourth-order valence-electron chi connectivity index (χ4n) is 1.80. The lowest BCUT2D eigenvalue weighted by molar-refractivity contribution is -0.134. The highest BCUT2D eigenvalue weighted by atomic mass is 79.9. The largest absolute Gasteiger partial charge is 0.352 e. The van der Waals surface area contributed by atoms with Crippen molar-refractivity contribution in [2.75, 3.05) is 11.9 Å². The van der Waals surface area contributed by atoms with Crippen LogP contribution < -0.4 is 10.6 Å². The van der Waals surface area contributed by atoms with Gasteiger partial charge >= 0.3 is 0 Å². The van der Waals surface area contributed by atoms with Gasteiger partial charge in [0.1, 0.15) is 5.41 Å². The van der Waals surface area contributed by atoms with Crippen LogP contribution in [-0.2, 0) is 9.59 Å². The number of carbonyl (C=O) groups excluding carboxylic acids is 2. The topological polar surface area (TPSA) is 58.2 Å². The third-order valence-corrected chi connectivity index (χ3v) is 3.66. The summed E-state index contributed by atoms with van der Waals surface area (Å²) < 4.78 is 0.940. The van der Waals surface area contributed by atoms with Gasteiger partial charge in [-0.25, -0.2) is 0 Å². The van der Waals surface area contributed by atoms with Crippen LogP contribution in [0.5, 0.6) is 0 Å². The van der Waals surface area contributed by atoms with E-state index in [2.05, 4.69) is 33.1 Å². The van der Waals surface area contributed by atoms with Crippen molar-refractivity contribution in [3.05, 3.63) is 41.4 Å². The maximum Gasteiger partial charge on any atom is 0.240 e. The monoisotopic (exact) mass is 322 g/mol. The van der Waals surface area contributed by atoms with E-state index in [9.17, 15) is 9.59 Å². The number of anilines is 1. The third-order valence-electron chi connectivity index (χ3n) is 3.13. The molecule has 1 aliphatic carbocycles. The van der Waals surface area contributed by atoms with Crippen molar-refractivity contribution >= 4 is 33.4 Å². The summed E-state index contributed by atoms with van der Waals surface area (Å²) in [5.74, 6) is -0.460. The normalized spacial score (nSPS) is 15.4. The average molecular weight is 323 g/mol. The Morgan fingerprint density at radius 3 is 2.42 bits per heavy atom. The van der Waals surface area contributed by atoms with Crippen molar-refractivity contribution in [2.45, 2.75) is 12.8 Å². The Bertz CT molecular complexity index is 507. The van der Waals surface area contributed by atoms with Crippen molar-refractivity contribution in [1.29, 1.82) is 0 Å². The van der Waals surface area contributed by atoms with Gasteiger partial charge in [0.15, 0.2) is 0 Å². The Balaban J connectivity index is 2.01. The van der Waals surface area contributed by atoms with Crippen molar-refractivity contribution in [1.82, 2.24) is 5.32 Å². The summed E-state index contributed by atoms with van der Waals surface area (Å²) in [7, 11) is 0. The van der Waals surface area contributed by atoms with Gasteiger partial charge in [-0.2, -0.15) is 0 Å². The fourth-order valence-corrected chi connectivity index (χ4v) is 2.06.